The first-order valence-corrected chi connectivity index (χ1v) is 8.51. The first-order chi connectivity index (χ1) is 11.8. The summed E-state index contributed by atoms with van der Waals surface area (Å²) in [5.74, 6) is 0.483. The predicted octanol–water partition coefficient (Wildman–Crippen LogP) is 6.12. The summed E-state index contributed by atoms with van der Waals surface area (Å²) in [6.45, 7) is 2.15. The lowest BCUT2D eigenvalue weighted by atomic mass is 9.88. The maximum absolute atomic E-state index is 12.5. The van der Waals surface area contributed by atoms with Crippen LogP contribution in [0.3, 0.4) is 0 Å². The average Bonchev–Trinajstić information content (AvgIpc) is 2.67. The van der Waals surface area contributed by atoms with Gasteiger partial charge in [-0.2, -0.15) is 0 Å². The molecule has 0 saturated heterocycles. The Morgan fingerprint density at radius 3 is 1.88 bits per heavy atom. The van der Waals surface area contributed by atoms with Crippen LogP contribution >= 0.6 is 0 Å². The molecular formula is C23H22O. The molecule has 1 heteroatoms. The Balaban J connectivity index is 1.75. The first-order valence-electron chi connectivity index (χ1n) is 8.51. The zero-order valence-corrected chi connectivity index (χ0v) is 14.0. The minimum atomic E-state index is 0.217. The van der Waals surface area contributed by atoms with E-state index in [1.54, 1.807) is 0 Å². The van der Waals surface area contributed by atoms with Crippen molar-refractivity contribution in [2.24, 2.45) is 0 Å². The van der Waals surface area contributed by atoms with Crippen molar-refractivity contribution in [3.63, 3.8) is 0 Å². The van der Waals surface area contributed by atoms with Crippen LogP contribution in [0.4, 0.5) is 0 Å². The molecule has 1 atom stereocenters. The van der Waals surface area contributed by atoms with Gasteiger partial charge >= 0.3 is 0 Å². The van der Waals surface area contributed by atoms with Crippen molar-refractivity contribution in [2.75, 3.05) is 0 Å². The van der Waals surface area contributed by atoms with E-state index in [0.29, 0.717) is 6.42 Å². The zero-order chi connectivity index (χ0) is 16.8. The van der Waals surface area contributed by atoms with E-state index in [1.807, 2.05) is 36.4 Å². The molecule has 0 aromatic heterocycles. The number of hydrogen-bond donors (Lipinski definition) is 0. The molecule has 3 aromatic rings. The Bertz CT molecular complexity index is 773. The highest BCUT2D eigenvalue weighted by molar-refractivity contribution is 5.96. The van der Waals surface area contributed by atoms with Gasteiger partial charge in [0.05, 0.1) is 0 Å². The highest BCUT2D eigenvalue weighted by Crippen LogP contribution is 2.28. The normalized spacial score (nSPS) is 11.9. The maximum Gasteiger partial charge on any atom is 0.163 e. The predicted molar refractivity (Wildman–Crippen MR) is 100 cm³/mol. The van der Waals surface area contributed by atoms with Crippen molar-refractivity contribution >= 4 is 5.78 Å². The van der Waals surface area contributed by atoms with Gasteiger partial charge in [-0.25, -0.2) is 0 Å². The smallest absolute Gasteiger partial charge is 0.163 e. The van der Waals surface area contributed by atoms with Crippen molar-refractivity contribution in [3.05, 3.63) is 96.1 Å². The molecule has 3 aromatic carbocycles. The fourth-order valence-electron chi connectivity index (χ4n) is 3.04. The topological polar surface area (TPSA) is 17.1 Å². The summed E-state index contributed by atoms with van der Waals surface area (Å²) >= 11 is 0. The lowest BCUT2D eigenvalue weighted by molar-refractivity contribution is 0.0973. The molecule has 0 bridgehead atoms. The molecule has 0 aliphatic carbocycles. The van der Waals surface area contributed by atoms with Crippen LogP contribution in [0.5, 0.6) is 0 Å². The van der Waals surface area contributed by atoms with Crippen LogP contribution in [0.15, 0.2) is 84.9 Å². The summed E-state index contributed by atoms with van der Waals surface area (Å²) in [5.41, 5.74) is 4.47. The van der Waals surface area contributed by atoms with Crippen LogP contribution in [0.2, 0.25) is 0 Å². The summed E-state index contributed by atoms with van der Waals surface area (Å²) in [6, 6.07) is 28.6. The number of rotatable bonds is 6. The molecule has 0 saturated carbocycles. The minimum absolute atomic E-state index is 0.217. The van der Waals surface area contributed by atoms with Crippen LogP contribution in [-0.2, 0) is 0 Å². The quantitative estimate of drug-likeness (QED) is 0.501. The fourth-order valence-corrected chi connectivity index (χ4v) is 3.04. The van der Waals surface area contributed by atoms with Crippen molar-refractivity contribution < 1.29 is 4.79 Å². The van der Waals surface area contributed by atoms with Gasteiger partial charge in [-0.05, 0) is 29.0 Å². The molecular weight excluding hydrogens is 292 g/mol. The monoisotopic (exact) mass is 314 g/mol. The van der Waals surface area contributed by atoms with Gasteiger partial charge in [0.15, 0.2) is 5.78 Å². The number of ketones is 1. The summed E-state index contributed by atoms with van der Waals surface area (Å²) in [5, 5.41) is 0. The molecule has 0 N–H and O–H groups in total. The van der Waals surface area contributed by atoms with Gasteiger partial charge in [-0.3, -0.25) is 4.79 Å². The molecule has 0 aliphatic heterocycles. The third-order valence-electron chi connectivity index (χ3n) is 4.51. The second-order valence-corrected chi connectivity index (χ2v) is 6.09. The highest BCUT2D eigenvalue weighted by atomic mass is 16.1. The van der Waals surface area contributed by atoms with Gasteiger partial charge in [-0.15, -0.1) is 0 Å². The summed E-state index contributed by atoms with van der Waals surface area (Å²) in [6.07, 6.45) is 1.52. The largest absolute Gasteiger partial charge is 0.294 e. The third-order valence-corrected chi connectivity index (χ3v) is 4.51. The van der Waals surface area contributed by atoms with E-state index in [-0.39, 0.29) is 11.7 Å². The number of carbonyl (C=O) groups excluding carboxylic acids is 1. The second-order valence-electron chi connectivity index (χ2n) is 6.09. The third kappa shape index (κ3) is 3.80. The molecule has 0 spiro atoms. The minimum Gasteiger partial charge on any atom is -0.294 e. The van der Waals surface area contributed by atoms with E-state index >= 15 is 0 Å². The molecule has 0 radical (unpaired) electrons. The molecule has 120 valence electrons. The van der Waals surface area contributed by atoms with E-state index in [0.717, 1.165) is 12.0 Å². The zero-order valence-electron chi connectivity index (χ0n) is 14.0. The molecule has 0 amide bonds. The van der Waals surface area contributed by atoms with Crippen LogP contribution in [0.1, 0.15) is 41.6 Å². The highest BCUT2D eigenvalue weighted by Gasteiger charge is 2.15. The van der Waals surface area contributed by atoms with Crippen molar-refractivity contribution in [3.8, 4) is 11.1 Å². The molecule has 24 heavy (non-hydrogen) atoms. The van der Waals surface area contributed by atoms with Crippen LogP contribution in [-0.4, -0.2) is 5.78 Å². The number of hydrogen-bond acceptors (Lipinski definition) is 1. The van der Waals surface area contributed by atoms with E-state index in [9.17, 15) is 4.79 Å². The maximum atomic E-state index is 12.5. The van der Waals surface area contributed by atoms with Gasteiger partial charge in [0, 0.05) is 12.0 Å². The molecule has 0 aliphatic rings. The molecule has 0 heterocycles. The average molecular weight is 314 g/mol. The van der Waals surface area contributed by atoms with Crippen molar-refractivity contribution in [1.82, 2.24) is 0 Å². The Morgan fingerprint density at radius 1 is 0.750 bits per heavy atom. The van der Waals surface area contributed by atoms with Gasteiger partial charge in [0.2, 0.25) is 0 Å². The van der Waals surface area contributed by atoms with Crippen LogP contribution in [0.25, 0.3) is 11.1 Å². The molecule has 0 unspecified atom stereocenters. The lowest BCUT2D eigenvalue weighted by Gasteiger charge is -2.15. The van der Waals surface area contributed by atoms with Crippen LogP contribution < -0.4 is 0 Å². The first kappa shape index (κ1) is 16.2. The Labute approximate surface area is 144 Å². The lowest BCUT2D eigenvalue weighted by Crippen LogP contribution is -2.07. The number of Topliss-reactive ketones (excluding diaryl/α,β-unsaturated/α-hetero) is 1. The van der Waals surface area contributed by atoms with Crippen molar-refractivity contribution in [2.45, 2.75) is 25.7 Å². The summed E-state index contributed by atoms with van der Waals surface area (Å²) in [7, 11) is 0. The number of benzene rings is 3. The van der Waals surface area contributed by atoms with E-state index < -0.39 is 0 Å². The Hall–Kier alpha value is -2.67. The Morgan fingerprint density at radius 2 is 1.29 bits per heavy atom. The van der Waals surface area contributed by atoms with Gasteiger partial charge in [-0.1, -0.05) is 91.9 Å². The fraction of sp³-hybridized carbons (Fsp3) is 0.174. The van der Waals surface area contributed by atoms with Gasteiger partial charge in [0.1, 0.15) is 0 Å². The van der Waals surface area contributed by atoms with E-state index in [4.69, 9.17) is 0 Å². The summed E-state index contributed by atoms with van der Waals surface area (Å²) < 4.78 is 0. The number of carbonyl (C=O) groups is 1. The van der Waals surface area contributed by atoms with E-state index in [1.165, 1.54) is 16.7 Å². The molecule has 0 fully saturated rings. The molecule has 3 rings (SSSR count). The SMILES string of the molecule is CC[C@@H](CC(=O)c1ccccc1)c1ccc(-c2ccccc2)cc1. The molecule has 1 nitrogen and oxygen atoms in total. The second kappa shape index (κ2) is 7.74. The van der Waals surface area contributed by atoms with E-state index in [2.05, 4.69) is 55.5 Å². The van der Waals surface area contributed by atoms with Crippen LogP contribution in [0, 0.1) is 0 Å². The standard InChI is InChI=1S/C23H22O/c1-2-18(17-23(24)22-11-7-4-8-12-22)20-13-15-21(16-14-20)19-9-5-3-6-10-19/h3-16,18H,2,17H2,1H3/t18-/m0/s1. The Kier molecular flexibility index (Phi) is 5.22. The van der Waals surface area contributed by atoms with Crippen molar-refractivity contribution in [1.29, 1.82) is 0 Å². The summed E-state index contributed by atoms with van der Waals surface area (Å²) in [4.78, 5) is 12.5. The van der Waals surface area contributed by atoms with Gasteiger partial charge < -0.3 is 0 Å². The van der Waals surface area contributed by atoms with Gasteiger partial charge in [0.25, 0.3) is 0 Å².